The van der Waals surface area contributed by atoms with Crippen molar-refractivity contribution < 1.29 is 33.4 Å². The minimum Gasteiger partial charge on any atom is -0.444 e. The maximum absolute atomic E-state index is 12.8. The SMILES string of the molecule is CCCNC(=O)c1nnc(C(=O)CCCNC(=O)OC(C)(C)C)nc1C(=O)NCCNC(=O)OC(C)(C)C. The summed E-state index contributed by atoms with van der Waals surface area (Å²) in [4.78, 5) is 65.4. The molecule has 0 aliphatic carbocycles. The average molecular weight is 538 g/mol. The Morgan fingerprint density at radius 1 is 0.684 bits per heavy atom. The maximum atomic E-state index is 12.8. The molecule has 0 radical (unpaired) electrons. The van der Waals surface area contributed by atoms with Gasteiger partial charge < -0.3 is 30.7 Å². The second kappa shape index (κ2) is 14.8. The van der Waals surface area contributed by atoms with Gasteiger partial charge in [0, 0.05) is 32.6 Å². The van der Waals surface area contributed by atoms with Crippen LogP contribution in [-0.4, -0.2) is 82.3 Å². The first-order chi connectivity index (χ1) is 17.6. The van der Waals surface area contributed by atoms with Crippen LogP contribution in [0.25, 0.3) is 0 Å². The molecular weight excluding hydrogens is 498 g/mol. The molecule has 1 aromatic heterocycles. The molecule has 1 aromatic rings. The van der Waals surface area contributed by atoms with E-state index in [1.807, 2.05) is 6.92 Å². The first-order valence-corrected chi connectivity index (χ1v) is 12.4. The number of nitrogens with zero attached hydrogens (tertiary/aromatic N) is 3. The van der Waals surface area contributed by atoms with Crippen LogP contribution in [0.3, 0.4) is 0 Å². The summed E-state index contributed by atoms with van der Waals surface area (Å²) < 4.78 is 10.2. The lowest BCUT2D eigenvalue weighted by molar-refractivity contribution is 0.0515. The van der Waals surface area contributed by atoms with E-state index in [9.17, 15) is 24.0 Å². The van der Waals surface area contributed by atoms with E-state index in [4.69, 9.17) is 9.47 Å². The third-order valence-electron chi connectivity index (χ3n) is 4.23. The number of ketones is 1. The van der Waals surface area contributed by atoms with Crippen molar-refractivity contribution in [2.45, 2.75) is 78.9 Å². The zero-order valence-electron chi connectivity index (χ0n) is 23.1. The second-order valence-electron chi connectivity index (χ2n) is 10.2. The predicted octanol–water partition coefficient (Wildman–Crippen LogP) is 1.75. The van der Waals surface area contributed by atoms with E-state index in [-0.39, 0.29) is 49.7 Å². The minimum absolute atomic E-state index is 0.00227. The van der Waals surface area contributed by atoms with Crippen LogP contribution in [0.1, 0.15) is 99.3 Å². The summed E-state index contributed by atoms with van der Waals surface area (Å²) in [6, 6.07) is 0. The van der Waals surface area contributed by atoms with Crippen LogP contribution >= 0.6 is 0 Å². The van der Waals surface area contributed by atoms with Crippen molar-refractivity contribution in [1.29, 1.82) is 0 Å². The van der Waals surface area contributed by atoms with Gasteiger partial charge in [0.1, 0.15) is 11.2 Å². The number of hydrogen-bond donors (Lipinski definition) is 4. The topological polar surface area (TPSA) is 191 Å². The summed E-state index contributed by atoms with van der Waals surface area (Å²) in [7, 11) is 0. The Bertz CT molecular complexity index is 1000. The zero-order valence-corrected chi connectivity index (χ0v) is 23.1. The summed E-state index contributed by atoms with van der Waals surface area (Å²) in [6.07, 6.45) is -0.384. The van der Waals surface area contributed by atoms with Gasteiger partial charge in [-0.1, -0.05) is 6.92 Å². The molecule has 0 aliphatic heterocycles. The van der Waals surface area contributed by atoms with Gasteiger partial charge in [-0.2, -0.15) is 0 Å². The van der Waals surface area contributed by atoms with Gasteiger partial charge in [-0.3, -0.25) is 14.4 Å². The van der Waals surface area contributed by atoms with E-state index >= 15 is 0 Å². The summed E-state index contributed by atoms with van der Waals surface area (Å²) >= 11 is 0. The highest BCUT2D eigenvalue weighted by Crippen LogP contribution is 2.08. The van der Waals surface area contributed by atoms with Crippen molar-refractivity contribution in [2.24, 2.45) is 0 Å². The molecular formula is C24H39N7O7. The molecule has 0 spiro atoms. The largest absolute Gasteiger partial charge is 0.444 e. The number of hydrogen-bond acceptors (Lipinski definition) is 10. The molecule has 4 amide bonds. The molecule has 0 saturated heterocycles. The van der Waals surface area contributed by atoms with Crippen LogP contribution in [0, 0.1) is 0 Å². The van der Waals surface area contributed by atoms with Crippen molar-refractivity contribution in [3.05, 3.63) is 17.2 Å². The zero-order chi connectivity index (χ0) is 28.9. The molecule has 212 valence electrons. The number of carbonyl (C=O) groups is 5. The molecule has 0 aliphatic rings. The third-order valence-corrected chi connectivity index (χ3v) is 4.23. The summed E-state index contributed by atoms with van der Waals surface area (Å²) in [5, 5.41) is 17.7. The number of ether oxygens (including phenoxy) is 2. The molecule has 4 N–H and O–H groups in total. The Morgan fingerprint density at radius 2 is 1.18 bits per heavy atom. The van der Waals surface area contributed by atoms with E-state index < -0.39 is 41.0 Å². The molecule has 14 heteroatoms. The number of amides is 4. The van der Waals surface area contributed by atoms with Crippen LogP contribution in [0.2, 0.25) is 0 Å². The van der Waals surface area contributed by atoms with Crippen LogP contribution in [0.15, 0.2) is 0 Å². The van der Waals surface area contributed by atoms with Gasteiger partial charge in [0.25, 0.3) is 11.8 Å². The van der Waals surface area contributed by atoms with Crippen molar-refractivity contribution in [1.82, 2.24) is 36.4 Å². The fourth-order valence-electron chi connectivity index (χ4n) is 2.68. The lowest BCUT2D eigenvalue weighted by Gasteiger charge is -2.19. The Morgan fingerprint density at radius 3 is 1.74 bits per heavy atom. The van der Waals surface area contributed by atoms with Crippen molar-refractivity contribution in [3.8, 4) is 0 Å². The summed E-state index contributed by atoms with van der Waals surface area (Å²) in [5.74, 6) is -2.30. The number of rotatable bonds is 12. The smallest absolute Gasteiger partial charge is 0.407 e. The van der Waals surface area contributed by atoms with Gasteiger partial charge >= 0.3 is 12.2 Å². The number of Topliss-reactive ketones (excluding diaryl/α,β-unsaturated/α-hetero) is 1. The molecule has 0 saturated carbocycles. The molecule has 14 nitrogen and oxygen atoms in total. The normalized spacial score (nSPS) is 11.2. The number of nitrogens with one attached hydrogen (secondary N) is 4. The Balaban J connectivity index is 2.83. The monoisotopic (exact) mass is 537 g/mol. The van der Waals surface area contributed by atoms with Crippen LogP contribution in [0.4, 0.5) is 9.59 Å². The lowest BCUT2D eigenvalue weighted by atomic mass is 10.2. The summed E-state index contributed by atoms with van der Waals surface area (Å²) in [5.41, 5.74) is -2.02. The van der Waals surface area contributed by atoms with Gasteiger partial charge in [0.05, 0.1) is 0 Å². The van der Waals surface area contributed by atoms with Gasteiger partial charge in [0.15, 0.2) is 11.4 Å². The number of alkyl carbamates (subject to hydrolysis) is 2. The molecule has 0 atom stereocenters. The molecule has 0 fully saturated rings. The molecule has 1 heterocycles. The van der Waals surface area contributed by atoms with Crippen LogP contribution in [-0.2, 0) is 9.47 Å². The van der Waals surface area contributed by atoms with Gasteiger partial charge in [-0.05, 0) is 54.4 Å². The van der Waals surface area contributed by atoms with E-state index in [0.717, 1.165) is 0 Å². The van der Waals surface area contributed by atoms with Gasteiger partial charge in [0.2, 0.25) is 11.6 Å². The highest BCUT2D eigenvalue weighted by atomic mass is 16.6. The van der Waals surface area contributed by atoms with Gasteiger partial charge in [-0.25, -0.2) is 14.6 Å². The Kier molecular flexibility index (Phi) is 12.5. The average Bonchev–Trinajstić information content (AvgIpc) is 2.80. The minimum atomic E-state index is -0.770. The molecule has 1 rings (SSSR count). The Hall–Kier alpha value is -3.84. The Labute approximate surface area is 222 Å². The molecule has 38 heavy (non-hydrogen) atoms. The summed E-state index contributed by atoms with van der Waals surface area (Å²) in [6.45, 7) is 12.8. The van der Waals surface area contributed by atoms with Crippen molar-refractivity contribution in [2.75, 3.05) is 26.2 Å². The van der Waals surface area contributed by atoms with E-state index in [2.05, 4.69) is 36.4 Å². The molecule has 0 unspecified atom stereocenters. The van der Waals surface area contributed by atoms with E-state index in [1.54, 1.807) is 41.5 Å². The van der Waals surface area contributed by atoms with E-state index in [1.165, 1.54) is 0 Å². The van der Waals surface area contributed by atoms with Crippen molar-refractivity contribution >= 4 is 29.8 Å². The quantitative estimate of drug-likeness (QED) is 0.226. The predicted molar refractivity (Wildman–Crippen MR) is 137 cm³/mol. The highest BCUT2D eigenvalue weighted by Gasteiger charge is 2.24. The second-order valence-corrected chi connectivity index (χ2v) is 10.2. The van der Waals surface area contributed by atoms with Crippen LogP contribution < -0.4 is 21.3 Å². The third kappa shape index (κ3) is 12.9. The fraction of sp³-hybridized carbons (Fsp3) is 0.667. The number of carbonyl (C=O) groups excluding carboxylic acids is 5. The first kappa shape index (κ1) is 32.2. The molecule has 0 bridgehead atoms. The van der Waals surface area contributed by atoms with E-state index in [0.29, 0.717) is 13.0 Å². The standard InChI is InChI=1S/C24H39N7O7/c1-8-11-25-20(34)17-16(19(33)26-13-14-28-22(36)38-24(5,6)7)29-18(31-30-17)15(32)10-9-12-27-21(35)37-23(2,3)4/h8-14H2,1-7H3,(H,25,34)(H,26,33)(H,27,35)(H,28,36). The van der Waals surface area contributed by atoms with Crippen LogP contribution in [0.5, 0.6) is 0 Å². The fourth-order valence-corrected chi connectivity index (χ4v) is 2.68. The lowest BCUT2D eigenvalue weighted by Crippen LogP contribution is -2.39. The maximum Gasteiger partial charge on any atom is 0.407 e. The van der Waals surface area contributed by atoms with Crippen molar-refractivity contribution in [3.63, 3.8) is 0 Å². The number of aromatic nitrogens is 3. The molecule has 0 aromatic carbocycles. The highest BCUT2D eigenvalue weighted by molar-refractivity contribution is 6.05. The van der Waals surface area contributed by atoms with Gasteiger partial charge in [-0.15, -0.1) is 10.2 Å². The first-order valence-electron chi connectivity index (χ1n) is 12.4.